The molecule has 0 unspecified atom stereocenters. The molecular formula is C21H27N3O3. The zero-order chi connectivity index (χ0) is 19.1. The van der Waals surface area contributed by atoms with Crippen LogP contribution in [0.1, 0.15) is 5.56 Å². The second kappa shape index (κ2) is 9.39. The molecule has 1 heterocycles. The number of nitrogens with zero attached hydrogens (tertiary/aromatic N) is 2. The quantitative estimate of drug-likeness (QED) is 0.813. The molecule has 27 heavy (non-hydrogen) atoms. The summed E-state index contributed by atoms with van der Waals surface area (Å²) in [6.45, 7) is 4.98. The molecule has 1 aliphatic heterocycles. The normalized spacial score (nSPS) is 15.3. The van der Waals surface area contributed by atoms with Crippen molar-refractivity contribution in [3.8, 4) is 11.5 Å². The third kappa shape index (κ3) is 5.70. The Morgan fingerprint density at radius 2 is 1.56 bits per heavy atom. The fourth-order valence-electron chi connectivity index (χ4n) is 3.24. The van der Waals surface area contributed by atoms with E-state index in [9.17, 15) is 4.79 Å². The fourth-order valence-corrected chi connectivity index (χ4v) is 3.24. The third-order valence-electron chi connectivity index (χ3n) is 4.73. The van der Waals surface area contributed by atoms with Crippen molar-refractivity contribution in [1.29, 1.82) is 0 Å². The van der Waals surface area contributed by atoms with Gasteiger partial charge in [0, 0.05) is 44.5 Å². The maximum absolute atomic E-state index is 12.3. The summed E-state index contributed by atoms with van der Waals surface area (Å²) in [4.78, 5) is 16.9. The topological polar surface area (TPSA) is 54.0 Å². The van der Waals surface area contributed by atoms with E-state index in [1.54, 1.807) is 14.2 Å². The van der Waals surface area contributed by atoms with E-state index < -0.39 is 0 Å². The minimum Gasteiger partial charge on any atom is -0.497 e. The van der Waals surface area contributed by atoms with Crippen LogP contribution in [0.15, 0.2) is 48.5 Å². The number of carbonyl (C=O) groups excluding carboxylic acids is 1. The number of nitrogens with one attached hydrogen (secondary N) is 1. The molecule has 3 rings (SSSR count). The van der Waals surface area contributed by atoms with Crippen molar-refractivity contribution in [2.75, 3.05) is 52.3 Å². The van der Waals surface area contributed by atoms with Crippen molar-refractivity contribution in [1.82, 2.24) is 9.80 Å². The molecule has 6 nitrogen and oxygen atoms in total. The van der Waals surface area contributed by atoms with Crippen LogP contribution >= 0.6 is 0 Å². The zero-order valence-electron chi connectivity index (χ0n) is 16.0. The minimum absolute atomic E-state index is 0.00417. The van der Waals surface area contributed by atoms with Gasteiger partial charge in [-0.25, -0.2) is 0 Å². The Morgan fingerprint density at radius 3 is 2.26 bits per heavy atom. The molecule has 1 aliphatic rings. The predicted molar refractivity (Wildman–Crippen MR) is 106 cm³/mol. The van der Waals surface area contributed by atoms with Crippen molar-refractivity contribution in [3.05, 3.63) is 54.1 Å². The Balaban J connectivity index is 1.44. The van der Waals surface area contributed by atoms with Gasteiger partial charge in [0.2, 0.25) is 5.91 Å². The molecule has 1 amide bonds. The summed E-state index contributed by atoms with van der Waals surface area (Å²) in [5.74, 6) is 1.63. The van der Waals surface area contributed by atoms with Crippen LogP contribution in [-0.4, -0.2) is 62.7 Å². The lowest BCUT2D eigenvalue weighted by Gasteiger charge is -2.34. The highest BCUT2D eigenvalue weighted by Gasteiger charge is 2.19. The van der Waals surface area contributed by atoms with Gasteiger partial charge in [0.1, 0.15) is 11.5 Å². The van der Waals surface area contributed by atoms with Gasteiger partial charge in [-0.3, -0.25) is 14.6 Å². The van der Waals surface area contributed by atoms with E-state index in [1.165, 1.54) is 5.56 Å². The first-order chi connectivity index (χ1) is 13.2. The Labute approximate surface area is 160 Å². The van der Waals surface area contributed by atoms with Crippen molar-refractivity contribution in [3.63, 3.8) is 0 Å². The molecule has 6 heteroatoms. The van der Waals surface area contributed by atoms with Crippen molar-refractivity contribution >= 4 is 11.6 Å². The van der Waals surface area contributed by atoms with Gasteiger partial charge in [-0.05, 0) is 29.8 Å². The lowest BCUT2D eigenvalue weighted by Crippen LogP contribution is -2.48. The highest BCUT2D eigenvalue weighted by Crippen LogP contribution is 2.17. The minimum atomic E-state index is 0.00417. The predicted octanol–water partition coefficient (Wildman–Crippen LogP) is 2.46. The van der Waals surface area contributed by atoms with E-state index in [4.69, 9.17) is 9.47 Å². The molecule has 1 N–H and O–H groups in total. The maximum atomic E-state index is 12.3. The van der Waals surface area contributed by atoms with E-state index in [1.807, 2.05) is 36.4 Å². The molecule has 0 atom stereocenters. The first-order valence-electron chi connectivity index (χ1n) is 9.18. The molecule has 2 aromatic rings. The Kier molecular flexibility index (Phi) is 6.68. The molecule has 1 saturated heterocycles. The van der Waals surface area contributed by atoms with Crippen LogP contribution in [0.3, 0.4) is 0 Å². The van der Waals surface area contributed by atoms with Crippen LogP contribution in [0.4, 0.5) is 5.69 Å². The van der Waals surface area contributed by atoms with Crippen LogP contribution in [0, 0.1) is 0 Å². The number of carbonyl (C=O) groups is 1. The largest absolute Gasteiger partial charge is 0.497 e. The number of hydrogen-bond donors (Lipinski definition) is 1. The van der Waals surface area contributed by atoms with E-state index in [0.717, 1.165) is 49.9 Å². The Bertz CT molecular complexity index is 758. The first kappa shape index (κ1) is 19.2. The molecule has 0 bridgehead atoms. The van der Waals surface area contributed by atoms with Gasteiger partial charge in [0.05, 0.1) is 20.8 Å². The van der Waals surface area contributed by atoms with Gasteiger partial charge in [0.25, 0.3) is 0 Å². The van der Waals surface area contributed by atoms with Crippen LogP contribution in [-0.2, 0) is 11.3 Å². The van der Waals surface area contributed by atoms with Crippen molar-refractivity contribution in [2.45, 2.75) is 6.54 Å². The van der Waals surface area contributed by atoms with Gasteiger partial charge in [-0.15, -0.1) is 0 Å². The lowest BCUT2D eigenvalue weighted by molar-refractivity contribution is -0.117. The van der Waals surface area contributed by atoms with Gasteiger partial charge < -0.3 is 14.8 Å². The average Bonchev–Trinajstić information content (AvgIpc) is 2.69. The van der Waals surface area contributed by atoms with E-state index >= 15 is 0 Å². The van der Waals surface area contributed by atoms with Crippen molar-refractivity contribution < 1.29 is 14.3 Å². The number of methoxy groups -OCH3 is 2. The zero-order valence-corrected chi connectivity index (χ0v) is 16.0. The number of amides is 1. The van der Waals surface area contributed by atoms with Gasteiger partial charge >= 0.3 is 0 Å². The first-order valence-corrected chi connectivity index (χ1v) is 9.18. The fraction of sp³-hybridized carbons (Fsp3) is 0.381. The molecule has 0 aromatic heterocycles. The van der Waals surface area contributed by atoms with Gasteiger partial charge in [0.15, 0.2) is 0 Å². The molecule has 2 aromatic carbocycles. The summed E-state index contributed by atoms with van der Waals surface area (Å²) in [6, 6.07) is 15.6. The third-order valence-corrected chi connectivity index (χ3v) is 4.73. The van der Waals surface area contributed by atoms with Crippen LogP contribution in [0.5, 0.6) is 11.5 Å². The SMILES string of the molecule is COc1cccc(CN2CCN(CC(=O)Nc3cccc(OC)c3)CC2)c1. The van der Waals surface area contributed by atoms with E-state index in [-0.39, 0.29) is 5.91 Å². The average molecular weight is 369 g/mol. The van der Waals surface area contributed by atoms with Crippen LogP contribution in [0.25, 0.3) is 0 Å². The molecule has 1 fully saturated rings. The Morgan fingerprint density at radius 1 is 0.926 bits per heavy atom. The summed E-state index contributed by atoms with van der Waals surface area (Å²) in [5, 5.41) is 2.94. The monoisotopic (exact) mass is 369 g/mol. The van der Waals surface area contributed by atoms with E-state index in [2.05, 4.69) is 27.2 Å². The summed E-state index contributed by atoms with van der Waals surface area (Å²) >= 11 is 0. The second-order valence-electron chi connectivity index (χ2n) is 6.68. The summed E-state index contributed by atoms with van der Waals surface area (Å²) in [6.07, 6.45) is 0. The molecular weight excluding hydrogens is 342 g/mol. The number of ether oxygens (including phenoxy) is 2. The highest BCUT2D eigenvalue weighted by atomic mass is 16.5. The summed E-state index contributed by atoms with van der Waals surface area (Å²) in [5.41, 5.74) is 2.01. The van der Waals surface area contributed by atoms with Crippen LogP contribution < -0.4 is 14.8 Å². The summed E-state index contributed by atoms with van der Waals surface area (Å²) < 4.78 is 10.5. The number of hydrogen-bond acceptors (Lipinski definition) is 5. The highest BCUT2D eigenvalue weighted by molar-refractivity contribution is 5.92. The molecule has 0 spiro atoms. The Hall–Kier alpha value is -2.57. The molecule has 0 radical (unpaired) electrons. The number of benzene rings is 2. The van der Waals surface area contributed by atoms with Crippen molar-refractivity contribution in [2.24, 2.45) is 0 Å². The molecule has 0 saturated carbocycles. The molecule has 144 valence electrons. The maximum Gasteiger partial charge on any atom is 0.238 e. The van der Waals surface area contributed by atoms with E-state index in [0.29, 0.717) is 6.54 Å². The molecule has 0 aliphatic carbocycles. The van der Waals surface area contributed by atoms with Gasteiger partial charge in [-0.2, -0.15) is 0 Å². The number of anilines is 1. The van der Waals surface area contributed by atoms with Gasteiger partial charge in [-0.1, -0.05) is 18.2 Å². The lowest BCUT2D eigenvalue weighted by atomic mass is 10.2. The smallest absolute Gasteiger partial charge is 0.238 e. The second-order valence-corrected chi connectivity index (χ2v) is 6.68. The number of piperazine rings is 1. The van der Waals surface area contributed by atoms with Crippen LogP contribution in [0.2, 0.25) is 0 Å². The standard InChI is InChI=1S/C21H27N3O3/c1-26-19-7-3-5-17(13-19)15-23-9-11-24(12-10-23)16-21(25)22-18-6-4-8-20(14-18)27-2/h3-8,13-14H,9-12,15-16H2,1-2H3,(H,22,25). The summed E-state index contributed by atoms with van der Waals surface area (Å²) in [7, 11) is 3.31. The number of rotatable bonds is 7.